The first kappa shape index (κ1) is 18.7. The zero-order valence-electron chi connectivity index (χ0n) is 15.2. The van der Waals surface area contributed by atoms with Crippen LogP contribution in [0.3, 0.4) is 0 Å². The minimum atomic E-state index is -0.733. The molecule has 0 atom stereocenters. The van der Waals surface area contributed by atoms with Crippen molar-refractivity contribution in [2.24, 2.45) is 0 Å². The lowest BCUT2D eigenvalue weighted by Gasteiger charge is -2.23. The molecule has 2 rings (SSSR count). The lowest BCUT2D eigenvalue weighted by atomic mass is 10.0. The van der Waals surface area contributed by atoms with Gasteiger partial charge in [-0.05, 0) is 46.3 Å². The summed E-state index contributed by atoms with van der Waals surface area (Å²) in [6, 6.07) is 6.96. The van der Waals surface area contributed by atoms with Crippen molar-refractivity contribution in [3.05, 3.63) is 35.4 Å². The van der Waals surface area contributed by atoms with Gasteiger partial charge in [0.25, 0.3) is 5.91 Å². The molecule has 1 heterocycles. The van der Waals surface area contributed by atoms with Crippen molar-refractivity contribution in [2.75, 3.05) is 11.5 Å². The summed E-state index contributed by atoms with van der Waals surface area (Å²) in [5.74, 6) is -0.897. The second-order valence-electron chi connectivity index (χ2n) is 6.78. The number of para-hydroxylation sites is 1. The highest BCUT2D eigenvalue weighted by Gasteiger charge is 2.39. The summed E-state index contributed by atoms with van der Waals surface area (Å²) in [6.45, 7) is 8.90. The maximum Gasteiger partial charge on any atom is 0.422 e. The number of carbonyl (C=O) groups is 3. The molecule has 0 saturated heterocycles. The zero-order chi connectivity index (χ0) is 18.8. The highest BCUT2D eigenvalue weighted by molar-refractivity contribution is 6.39. The number of amides is 2. The lowest BCUT2D eigenvalue weighted by molar-refractivity contribution is -0.142. The summed E-state index contributed by atoms with van der Waals surface area (Å²) < 4.78 is 10.3. The molecule has 0 fully saturated rings. The van der Waals surface area contributed by atoms with E-state index in [1.165, 1.54) is 0 Å². The Morgan fingerprint density at radius 2 is 1.80 bits per heavy atom. The van der Waals surface area contributed by atoms with Crippen LogP contribution >= 0.6 is 0 Å². The predicted molar refractivity (Wildman–Crippen MR) is 94.0 cm³/mol. The molecular formula is C19H23NO5. The van der Waals surface area contributed by atoms with E-state index in [1.807, 2.05) is 0 Å². The Balaban J connectivity index is 2.43. The van der Waals surface area contributed by atoms with Crippen molar-refractivity contribution in [3.63, 3.8) is 0 Å². The molecule has 0 radical (unpaired) electrons. The molecule has 1 aliphatic rings. The van der Waals surface area contributed by atoms with Crippen molar-refractivity contribution in [1.29, 1.82) is 0 Å². The number of imide groups is 1. The molecule has 134 valence electrons. The normalized spacial score (nSPS) is 15.7. The van der Waals surface area contributed by atoms with Crippen LogP contribution in [-0.4, -0.2) is 30.2 Å². The largest absolute Gasteiger partial charge is 0.466 e. The van der Waals surface area contributed by atoms with Crippen LogP contribution in [0.1, 0.15) is 46.6 Å². The van der Waals surface area contributed by atoms with E-state index in [9.17, 15) is 14.4 Å². The van der Waals surface area contributed by atoms with E-state index in [4.69, 9.17) is 9.47 Å². The molecule has 0 bridgehead atoms. The first-order chi connectivity index (χ1) is 11.7. The number of carbonyl (C=O) groups excluding carboxylic acids is 3. The Morgan fingerprint density at radius 3 is 2.40 bits per heavy atom. The summed E-state index contributed by atoms with van der Waals surface area (Å²) in [6.07, 6.45) is -0.741. The number of rotatable bonds is 3. The van der Waals surface area contributed by atoms with Crippen molar-refractivity contribution >= 4 is 29.2 Å². The molecule has 0 unspecified atom stereocenters. The molecule has 0 N–H and O–H groups in total. The van der Waals surface area contributed by atoms with Crippen LogP contribution in [0, 0.1) is 0 Å². The minimum absolute atomic E-state index is 0.00853. The number of nitrogens with zero attached hydrogens (tertiary/aromatic N) is 1. The van der Waals surface area contributed by atoms with Crippen molar-refractivity contribution < 1.29 is 23.9 Å². The van der Waals surface area contributed by atoms with E-state index in [1.54, 1.807) is 58.9 Å². The maximum absolute atomic E-state index is 12.9. The average molecular weight is 345 g/mol. The SMILES string of the molecule is CCOC(=O)C/C(C)=C1\C(=O)N(C(=O)OC(C)(C)C)c2ccccc21. The van der Waals surface area contributed by atoms with Gasteiger partial charge in [-0.2, -0.15) is 0 Å². The van der Waals surface area contributed by atoms with E-state index in [0.29, 0.717) is 22.4 Å². The van der Waals surface area contributed by atoms with Gasteiger partial charge in [0.05, 0.1) is 18.7 Å². The Kier molecular flexibility index (Phi) is 5.30. The average Bonchev–Trinajstić information content (AvgIpc) is 2.77. The van der Waals surface area contributed by atoms with E-state index in [0.717, 1.165) is 4.90 Å². The number of esters is 1. The third kappa shape index (κ3) is 4.07. The fraction of sp³-hybridized carbons (Fsp3) is 0.421. The highest BCUT2D eigenvalue weighted by Crippen LogP contribution is 2.39. The summed E-state index contributed by atoms with van der Waals surface area (Å²) >= 11 is 0. The third-order valence-electron chi connectivity index (χ3n) is 3.55. The second-order valence-corrected chi connectivity index (χ2v) is 6.78. The topological polar surface area (TPSA) is 72.9 Å². The number of fused-ring (bicyclic) bond motifs is 1. The monoisotopic (exact) mass is 345 g/mol. The molecule has 0 aromatic heterocycles. The van der Waals surface area contributed by atoms with E-state index < -0.39 is 23.6 Å². The van der Waals surface area contributed by atoms with Crippen molar-refractivity contribution in [2.45, 2.75) is 46.6 Å². The molecule has 6 nitrogen and oxygen atoms in total. The lowest BCUT2D eigenvalue weighted by Crippen LogP contribution is -2.38. The summed E-state index contributed by atoms with van der Waals surface area (Å²) in [5, 5.41) is 0. The maximum atomic E-state index is 12.9. The molecule has 0 spiro atoms. The molecule has 1 aromatic carbocycles. The molecule has 1 aromatic rings. The van der Waals surface area contributed by atoms with Gasteiger partial charge in [0.15, 0.2) is 0 Å². The number of hydrogen-bond acceptors (Lipinski definition) is 5. The van der Waals surface area contributed by atoms with Gasteiger partial charge in [-0.3, -0.25) is 9.59 Å². The van der Waals surface area contributed by atoms with Gasteiger partial charge >= 0.3 is 12.1 Å². The van der Waals surface area contributed by atoms with Gasteiger partial charge < -0.3 is 9.47 Å². The van der Waals surface area contributed by atoms with Crippen LogP contribution in [0.15, 0.2) is 29.8 Å². The Bertz CT molecular complexity index is 742. The zero-order valence-corrected chi connectivity index (χ0v) is 15.2. The van der Waals surface area contributed by atoms with E-state index >= 15 is 0 Å². The molecule has 0 aliphatic carbocycles. The number of anilines is 1. The summed E-state index contributed by atoms with van der Waals surface area (Å²) in [5.41, 5.74) is 1.25. The quantitative estimate of drug-likeness (QED) is 0.617. The summed E-state index contributed by atoms with van der Waals surface area (Å²) in [7, 11) is 0. The van der Waals surface area contributed by atoms with Crippen LogP contribution in [0.5, 0.6) is 0 Å². The molecule has 2 amide bonds. The minimum Gasteiger partial charge on any atom is -0.466 e. The van der Waals surface area contributed by atoms with E-state index in [-0.39, 0.29) is 13.0 Å². The fourth-order valence-corrected chi connectivity index (χ4v) is 2.63. The van der Waals surface area contributed by atoms with Crippen LogP contribution in [0.4, 0.5) is 10.5 Å². The second kappa shape index (κ2) is 7.09. The Morgan fingerprint density at radius 1 is 1.16 bits per heavy atom. The Labute approximate surface area is 147 Å². The Hall–Kier alpha value is -2.63. The number of benzene rings is 1. The molecule has 6 heteroatoms. The van der Waals surface area contributed by atoms with E-state index in [2.05, 4.69) is 0 Å². The van der Waals surface area contributed by atoms with Gasteiger partial charge in [0.2, 0.25) is 0 Å². The van der Waals surface area contributed by atoms with Crippen LogP contribution in [0.25, 0.3) is 5.57 Å². The molecule has 1 aliphatic heterocycles. The number of ether oxygens (including phenoxy) is 2. The van der Waals surface area contributed by atoms with Crippen molar-refractivity contribution in [3.8, 4) is 0 Å². The third-order valence-corrected chi connectivity index (χ3v) is 3.55. The van der Waals surface area contributed by atoms with Crippen molar-refractivity contribution in [1.82, 2.24) is 0 Å². The van der Waals surface area contributed by atoms with Gasteiger partial charge in [0.1, 0.15) is 5.60 Å². The summed E-state index contributed by atoms with van der Waals surface area (Å²) in [4.78, 5) is 38.2. The molecule has 25 heavy (non-hydrogen) atoms. The first-order valence-electron chi connectivity index (χ1n) is 8.18. The first-order valence-corrected chi connectivity index (χ1v) is 8.18. The molecule has 0 saturated carbocycles. The van der Waals surface area contributed by atoms with Crippen LogP contribution < -0.4 is 4.90 Å². The fourth-order valence-electron chi connectivity index (χ4n) is 2.63. The number of hydrogen-bond donors (Lipinski definition) is 0. The van der Waals surface area contributed by atoms with Gasteiger partial charge in [-0.15, -0.1) is 0 Å². The predicted octanol–water partition coefficient (Wildman–Crippen LogP) is 3.70. The van der Waals surface area contributed by atoms with Gasteiger partial charge in [-0.1, -0.05) is 18.2 Å². The standard InChI is InChI=1S/C19H23NO5/c1-6-24-15(21)11-12(2)16-13-9-7-8-10-14(13)20(17(16)22)18(23)25-19(3,4)5/h7-10H,6,11H2,1-5H3/b16-12-. The van der Waals surface area contributed by atoms with Crippen LogP contribution in [-0.2, 0) is 19.1 Å². The smallest absolute Gasteiger partial charge is 0.422 e. The van der Waals surface area contributed by atoms with Gasteiger partial charge in [-0.25, -0.2) is 9.69 Å². The molecular weight excluding hydrogens is 322 g/mol. The highest BCUT2D eigenvalue weighted by atomic mass is 16.6. The van der Waals surface area contributed by atoms with Crippen LogP contribution in [0.2, 0.25) is 0 Å². The van der Waals surface area contributed by atoms with Gasteiger partial charge in [0, 0.05) is 11.1 Å².